The number of aliphatic hydroxyl groups is 9. The van der Waals surface area contributed by atoms with Crippen LogP contribution in [0.5, 0.6) is 17.2 Å². The van der Waals surface area contributed by atoms with Crippen LogP contribution in [-0.4, -0.2) is 150 Å². The van der Waals surface area contributed by atoms with Crippen molar-refractivity contribution >= 4 is 11.0 Å². The summed E-state index contributed by atoms with van der Waals surface area (Å²) in [5, 5.41) is 102. The molecular formula is C33H40O18. The molecule has 0 saturated carbocycles. The molecule has 0 radical (unpaired) electrons. The molecule has 2 aromatic carbocycles. The van der Waals surface area contributed by atoms with E-state index in [1.54, 1.807) is 0 Å². The number of fused-ring (bicyclic) bond motifs is 1. The summed E-state index contributed by atoms with van der Waals surface area (Å²) in [5.41, 5.74) is -0.257. The van der Waals surface area contributed by atoms with Gasteiger partial charge in [0.1, 0.15) is 95.0 Å². The molecule has 0 bridgehead atoms. The van der Waals surface area contributed by atoms with Gasteiger partial charge in [-0.3, -0.25) is 4.79 Å². The number of aromatic hydroxyl groups is 1. The van der Waals surface area contributed by atoms with E-state index in [2.05, 4.69) is 0 Å². The molecule has 0 spiro atoms. The summed E-state index contributed by atoms with van der Waals surface area (Å²) in [6.07, 6.45) is -21.8. The summed E-state index contributed by atoms with van der Waals surface area (Å²) in [7, 11) is 0. The lowest BCUT2D eigenvalue weighted by molar-refractivity contribution is -0.348. The average Bonchev–Trinajstić information content (AvgIpc) is 3.10. The zero-order valence-electron chi connectivity index (χ0n) is 27.1. The molecule has 280 valence electrons. The van der Waals surface area contributed by atoms with Crippen LogP contribution in [-0.2, 0) is 18.9 Å². The largest absolute Gasteiger partial charge is 0.508 e. The molecule has 3 aliphatic rings. The van der Waals surface area contributed by atoms with Gasteiger partial charge in [-0.15, -0.1) is 0 Å². The predicted octanol–water partition coefficient (Wildman–Crippen LogP) is -2.60. The van der Waals surface area contributed by atoms with Crippen molar-refractivity contribution in [2.75, 3.05) is 6.61 Å². The van der Waals surface area contributed by atoms with Crippen molar-refractivity contribution in [1.82, 2.24) is 0 Å². The van der Waals surface area contributed by atoms with Crippen LogP contribution in [0.4, 0.5) is 0 Å². The molecule has 1 aromatic heterocycles. The Morgan fingerprint density at radius 1 is 0.667 bits per heavy atom. The molecule has 0 amide bonds. The highest BCUT2D eigenvalue weighted by molar-refractivity contribution is 5.86. The molecule has 4 heterocycles. The van der Waals surface area contributed by atoms with Crippen LogP contribution < -0.4 is 14.9 Å². The third-order valence-electron chi connectivity index (χ3n) is 9.14. The van der Waals surface area contributed by atoms with E-state index in [0.29, 0.717) is 5.56 Å². The van der Waals surface area contributed by atoms with E-state index in [4.69, 9.17) is 32.8 Å². The standard InChI is InChI=1S/C33H40O18/c1-11-22(37)24(39)27(42)32(45-11)49-19-8-14(35)7-18-21(19)16(36)9-17(48-18)13-3-5-15(6-4-13)47-31-29(44)26(41)30(12(2)46-31)51-33-28(43)25(40)23(38)20(10-34)50-33/h3-9,11-12,20,22-35,37-44H,10H2,1-2H3. The van der Waals surface area contributed by atoms with Gasteiger partial charge in [0.2, 0.25) is 12.6 Å². The number of phenolic OH excluding ortho intramolecular Hbond substituents is 1. The van der Waals surface area contributed by atoms with Crippen LogP contribution in [0.2, 0.25) is 0 Å². The van der Waals surface area contributed by atoms with Gasteiger partial charge in [-0.2, -0.15) is 0 Å². The summed E-state index contributed by atoms with van der Waals surface area (Å²) in [4.78, 5) is 13.3. The summed E-state index contributed by atoms with van der Waals surface area (Å²) in [6, 6.07) is 9.48. The average molecular weight is 725 g/mol. The van der Waals surface area contributed by atoms with E-state index in [0.717, 1.165) is 6.07 Å². The van der Waals surface area contributed by atoms with Crippen LogP contribution >= 0.6 is 0 Å². The maximum absolute atomic E-state index is 13.3. The Balaban J connectivity index is 1.14. The van der Waals surface area contributed by atoms with Gasteiger partial charge in [-0.25, -0.2) is 0 Å². The van der Waals surface area contributed by atoms with Gasteiger partial charge >= 0.3 is 0 Å². The monoisotopic (exact) mass is 724 g/mol. The highest BCUT2D eigenvalue weighted by Crippen LogP contribution is 2.35. The second-order valence-corrected chi connectivity index (χ2v) is 12.7. The fourth-order valence-electron chi connectivity index (χ4n) is 6.17. The number of ether oxygens (including phenoxy) is 6. The number of benzene rings is 2. The lowest BCUT2D eigenvalue weighted by Gasteiger charge is -2.45. The van der Waals surface area contributed by atoms with Gasteiger partial charge in [0.15, 0.2) is 11.7 Å². The van der Waals surface area contributed by atoms with Crippen LogP contribution in [0.25, 0.3) is 22.3 Å². The van der Waals surface area contributed by atoms with Crippen LogP contribution in [0, 0.1) is 0 Å². The van der Waals surface area contributed by atoms with E-state index in [9.17, 15) is 55.9 Å². The van der Waals surface area contributed by atoms with E-state index < -0.39 is 104 Å². The van der Waals surface area contributed by atoms with Gasteiger partial charge in [-0.05, 0) is 38.1 Å². The smallest absolute Gasteiger partial charge is 0.229 e. The van der Waals surface area contributed by atoms with Crippen molar-refractivity contribution in [3.63, 3.8) is 0 Å². The van der Waals surface area contributed by atoms with E-state index in [-0.39, 0.29) is 34.0 Å². The minimum atomic E-state index is -1.74. The highest BCUT2D eigenvalue weighted by Gasteiger charge is 2.50. The van der Waals surface area contributed by atoms with Crippen molar-refractivity contribution in [3.05, 3.63) is 52.7 Å². The third kappa shape index (κ3) is 7.29. The molecule has 3 fully saturated rings. The van der Waals surface area contributed by atoms with Crippen molar-refractivity contribution in [2.24, 2.45) is 0 Å². The summed E-state index contributed by atoms with van der Waals surface area (Å²) in [6.45, 7) is 2.27. The zero-order valence-corrected chi connectivity index (χ0v) is 27.1. The lowest BCUT2D eigenvalue weighted by atomic mass is 9.97. The minimum Gasteiger partial charge on any atom is -0.508 e. The Kier molecular flexibility index (Phi) is 10.9. The molecule has 18 heteroatoms. The van der Waals surface area contributed by atoms with E-state index >= 15 is 0 Å². The Morgan fingerprint density at radius 2 is 1.27 bits per heavy atom. The molecule has 3 aromatic rings. The normalized spacial score (nSPS) is 38.8. The number of hydrogen-bond donors (Lipinski definition) is 10. The zero-order chi connectivity index (χ0) is 36.9. The predicted molar refractivity (Wildman–Crippen MR) is 168 cm³/mol. The van der Waals surface area contributed by atoms with Crippen LogP contribution in [0.15, 0.2) is 51.7 Å². The molecule has 6 rings (SSSR count). The number of aliphatic hydroxyl groups excluding tert-OH is 9. The molecular weight excluding hydrogens is 684 g/mol. The van der Waals surface area contributed by atoms with Crippen LogP contribution in [0.3, 0.4) is 0 Å². The number of rotatable bonds is 8. The summed E-state index contributed by atoms with van der Waals surface area (Å²) >= 11 is 0. The molecule has 18 nitrogen and oxygen atoms in total. The summed E-state index contributed by atoms with van der Waals surface area (Å²) in [5.74, 6) is -0.275. The topological polar surface area (TPSA) is 288 Å². The molecule has 3 aliphatic heterocycles. The lowest BCUT2D eigenvalue weighted by Crippen LogP contribution is -2.64. The van der Waals surface area contributed by atoms with Gasteiger partial charge in [0, 0.05) is 23.8 Å². The first-order valence-electron chi connectivity index (χ1n) is 16.1. The van der Waals surface area contributed by atoms with E-state index in [1.165, 1.54) is 50.2 Å². The van der Waals surface area contributed by atoms with Gasteiger partial charge in [0.05, 0.1) is 18.8 Å². The minimum absolute atomic E-state index is 0.0750. The van der Waals surface area contributed by atoms with Crippen molar-refractivity contribution < 1.29 is 83.9 Å². The van der Waals surface area contributed by atoms with Crippen molar-refractivity contribution in [1.29, 1.82) is 0 Å². The second kappa shape index (κ2) is 14.9. The second-order valence-electron chi connectivity index (χ2n) is 12.7. The number of hydrogen-bond acceptors (Lipinski definition) is 18. The Bertz CT molecular complexity index is 1710. The van der Waals surface area contributed by atoms with E-state index in [1.807, 2.05) is 0 Å². The number of phenols is 1. The fraction of sp³-hybridized carbons (Fsp3) is 0.545. The Morgan fingerprint density at radius 3 is 1.96 bits per heavy atom. The van der Waals surface area contributed by atoms with Crippen molar-refractivity contribution in [3.8, 4) is 28.6 Å². The first-order valence-corrected chi connectivity index (χ1v) is 16.1. The highest BCUT2D eigenvalue weighted by atomic mass is 16.7. The van der Waals surface area contributed by atoms with Crippen molar-refractivity contribution in [2.45, 2.75) is 106 Å². The quantitative estimate of drug-likeness (QED) is 0.114. The van der Waals surface area contributed by atoms with Crippen LogP contribution in [0.1, 0.15) is 13.8 Å². The first-order chi connectivity index (χ1) is 24.2. The Hall–Kier alpha value is -3.47. The molecule has 15 unspecified atom stereocenters. The Labute approximate surface area is 288 Å². The molecule has 10 N–H and O–H groups in total. The molecule has 15 atom stereocenters. The van der Waals surface area contributed by atoms with Gasteiger partial charge in [0.25, 0.3) is 0 Å². The fourth-order valence-corrected chi connectivity index (χ4v) is 6.17. The van der Waals surface area contributed by atoms with Gasteiger partial charge < -0.3 is 83.9 Å². The third-order valence-corrected chi connectivity index (χ3v) is 9.14. The molecule has 51 heavy (non-hydrogen) atoms. The van der Waals surface area contributed by atoms with Gasteiger partial charge in [-0.1, -0.05) is 0 Å². The molecule has 0 aliphatic carbocycles. The molecule has 3 saturated heterocycles. The SMILES string of the molecule is CC1OC(Oc2cc(O)cc3oc(-c4ccc(OC5OC(C)C(OC6OC(CO)C(O)C(O)C6O)C(O)C5O)cc4)cc(=O)c23)C(O)C(O)C1O. The summed E-state index contributed by atoms with van der Waals surface area (Å²) < 4.78 is 39.5. The first kappa shape index (κ1) is 37.3. The maximum atomic E-state index is 13.3. The maximum Gasteiger partial charge on any atom is 0.229 e.